The largest absolute Gasteiger partial charge is 0.381 e. The molecule has 0 bridgehead atoms. The quantitative estimate of drug-likeness (QED) is 0.775. The Labute approximate surface area is 107 Å². The van der Waals surface area contributed by atoms with E-state index in [0.29, 0.717) is 11.8 Å². The van der Waals surface area contributed by atoms with Gasteiger partial charge in [-0.05, 0) is 24.7 Å². The topological polar surface area (TPSA) is 38.5 Å². The Bertz CT molecular complexity index is 200. The average Bonchev–Trinajstić information content (AvgIpc) is 2.28. The average molecular weight is 242 g/mol. The molecule has 0 radical (unpaired) electrons. The van der Waals surface area contributed by atoms with Crippen LogP contribution in [-0.2, 0) is 4.74 Å². The molecule has 1 heterocycles. The number of hydrogen-bond donors (Lipinski definition) is 1. The van der Waals surface area contributed by atoms with Gasteiger partial charge in [0.2, 0.25) is 0 Å². The third kappa shape index (κ3) is 4.23. The van der Waals surface area contributed by atoms with Crippen molar-refractivity contribution in [2.75, 3.05) is 32.8 Å². The predicted octanol–water partition coefficient (Wildman–Crippen LogP) is 2.11. The first kappa shape index (κ1) is 14.9. The molecule has 102 valence electrons. The van der Waals surface area contributed by atoms with E-state index in [1.165, 1.54) is 0 Å². The zero-order valence-corrected chi connectivity index (χ0v) is 12.0. The molecule has 0 aromatic rings. The Morgan fingerprint density at radius 3 is 1.88 bits per heavy atom. The summed E-state index contributed by atoms with van der Waals surface area (Å²) in [5.41, 5.74) is 6.28. The van der Waals surface area contributed by atoms with Crippen LogP contribution in [0.15, 0.2) is 0 Å². The minimum Gasteiger partial charge on any atom is -0.381 e. The number of nitrogens with two attached hydrogens (primary N) is 1. The van der Waals surface area contributed by atoms with Crippen LogP contribution in [0.5, 0.6) is 0 Å². The van der Waals surface area contributed by atoms with Gasteiger partial charge in [-0.25, -0.2) is 0 Å². The van der Waals surface area contributed by atoms with Crippen molar-refractivity contribution in [2.24, 2.45) is 17.6 Å². The fraction of sp³-hybridized carbons (Fsp3) is 1.00. The van der Waals surface area contributed by atoms with Crippen LogP contribution in [0.25, 0.3) is 0 Å². The molecule has 0 aliphatic carbocycles. The van der Waals surface area contributed by atoms with Crippen molar-refractivity contribution < 1.29 is 4.74 Å². The van der Waals surface area contributed by atoms with Crippen molar-refractivity contribution in [3.05, 3.63) is 0 Å². The summed E-state index contributed by atoms with van der Waals surface area (Å²) in [6.45, 7) is 13.9. The molecule has 1 aliphatic rings. The minimum atomic E-state index is 0.187. The van der Waals surface area contributed by atoms with Crippen molar-refractivity contribution in [1.29, 1.82) is 0 Å². The second-order valence-electron chi connectivity index (χ2n) is 6.23. The summed E-state index contributed by atoms with van der Waals surface area (Å²) in [4.78, 5) is 2.63. The van der Waals surface area contributed by atoms with Gasteiger partial charge >= 0.3 is 0 Å². The van der Waals surface area contributed by atoms with Crippen LogP contribution in [0.3, 0.4) is 0 Å². The molecule has 1 rings (SSSR count). The van der Waals surface area contributed by atoms with Crippen LogP contribution in [0.4, 0.5) is 0 Å². The molecule has 17 heavy (non-hydrogen) atoms. The molecule has 0 aromatic carbocycles. The number of ether oxygens (including phenoxy) is 1. The second kappa shape index (κ2) is 6.72. The number of nitrogens with zero attached hydrogens (tertiary/aromatic N) is 1. The molecule has 3 nitrogen and oxygen atoms in total. The lowest BCUT2D eigenvalue weighted by Crippen LogP contribution is -2.58. The van der Waals surface area contributed by atoms with Crippen LogP contribution in [0.1, 0.15) is 40.5 Å². The maximum absolute atomic E-state index is 6.09. The van der Waals surface area contributed by atoms with Gasteiger partial charge in [0, 0.05) is 38.4 Å². The van der Waals surface area contributed by atoms with Crippen LogP contribution < -0.4 is 5.73 Å². The molecule has 0 spiro atoms. The summed E-state index contributed by atoms with van der Waals surface area (Å²) in [5, 5.41) is 0. The Morgan fingerprint density at radius 1 is 1.06 bits per heavy atom. The van der Waals surface area contributed by atoms with Crippen LogP contribution in [-0.4, -0.2) is 43.3 Å². The number of hydrogen-bond acceptors (Lipinski definition) is 3. The van der Waals surface area contributed by atoms with Crippen LogP contribution in [0.2, 0.25) is 0 Å². The predicted molar refractivity (Wildman–Crippen MR) is 73.1 cm³/mol. The summed E-state index contributed by atoms with van der Waals surface area (Å²) < 4.78 is 5.50. The fourth-order valence-corrected chi connectivity index (χ4v) is 2.74. The van der Waals surface area contributed by atoms with Crippen molar-refractivity contribution in [3.63, 3.8) is 0 Å². The molecular formula is C14H30N2O. The molecule has 1 fully saturated rings. The lowest BCUT2D eigenvalue weighted by molar-refractivity contribution is -0.0333. The molecule has 0 unspecified atom stereocenters. The van der Waals surface area contributed by atoms with E-state index >= 15 is 0 Å². The molecule has 0 atom stereocenters. The van der Waals surface area contributed by atoms with E-state index in [9.17, 15) is 0 Å². The van der Waals surface area contributed by atoms with E-state index < -0.39 is 0 Å². The van der Waals surface area contributed by atoms with Gasteiger partial charge < -0.3 is 10.5 Å². The van der Waals surface area contributed by atoms with Gasteiger partial charge in [-0.2, -0.15) is 0 Å². The van der Waals surface area contributed by atoms with E-state index in [4.69, 9.17) is 10.5 Å². The Hall–Kier alpha value is -0.120. The highest BCUT2D eigenvalue weighted by Crippen LogP contribution is 2.28. The smallest absolute Gasteiger partial charge is 0.0484 e. The summed E-state index contributed by atoms with van der Waals surface area (Å²) in [6, 6.07) is 0. The summed E-state index contributed by atoms with van der Waals surface area (Å²) in [7, 11) is 0. The monoisotopic (exact) mass is 242 g/mol. The van der Waals surface area contributed by atoms with Crippen LogP contribution >= 0.6 is 0 Å². The molecule has 0 saturated carbocycles. The third-order valence-corrected chi connectivity index (χ3v) is 3.65. The zero-order valence-electron chi connectivity index (χ0n) is 12.0. The highest BCUT2D eigenvalue weighted by Gasteiger charge is 2.37. The summed E-state index contributed by atoms with van der Waals surface area (Å²) in [5.74, 6) is 1.39. The van der Waals surface area contributed by atoms with Gasteiger partial charge in [-0.15, -0.1) is 0 Å². The standard InChI is InChI=1S/C14H30N2O/c1-12(2)9-16(10-13(3)4)14(11-15)5-7-17-8-6-14/h12-13H,5-11,15H2,1-4H3. The first-order chi connectivity index (χ1) is 8.00. The maximum Gasteiger partial charge on any atom is 0.0484 e. The Kier molecular flexibility index (Phi) is 5.90. The fourth-order valence-electron chi connectivity index (χ4n) is 2.74. The Morgan fingerprint density at radius 2 is 1.53 bits per heavy atom. The van der Waals surface area contributed by atoms with Gasteiger partial charge in [-0.3, -0.25) is 4.90 Å². The van der Waals surface area contributed by atoms with E-state index in [2.05, 4.69) is 32.6 Å². The summed E-state index contributed by atoms with van der Waals surface area (Å²) >= 11 is 0. The van der Waals surface area contributed by atoms with Gasteiger partial charge in [0.15, 0.2) is 0 Å². The first-order valence-corrected chi connectivity index (χ1v) is 7.03. The van der Waals surface area contributed by atoms with Crippen molar-refractivity contribution in [1.82, 2.24) is 4.90 Å². The van der Waals surface area contributed by atoms with Gasteiger partial charge in [-0.1, -0.05) is 27.7 Å². The van der Waals surface area contributed by atoms with E-state index in [-0.39, 0.29) is 5.54 Å². The minimum absolute atomic E-state index is 0.187. The van der Waals surface area contributed by atoms with Gasteiger partial charge in [0.25, 0.3) is 0 Å². The molecule has 1 aliphatic heterocycles. The normalized spacial score (nSPS) is 20.5. The van der Waals surface area contributed by atoms with Crippen molar-refractivity contribution in [2.45, 2.75) is 46.1 Å². The third-order valence-electron chi connectivity index (χ3n) is 3.65. The number of rotatable bonds is 6. The van der Waals surface area contributed by atoms with E-state index in [1.54, 1.807) is 0 Å². The van der Waals surface area contributed by atoms with Crippen LogP contribution in [0, 0.1) is 11.8 Å². The van der Waals surface area contributed by atoms with Gasteiger partial charge in [0.05, 0.1) is 0 Å². The van der Waals surface area contributed by atoms with Crippen molar-refractivity contribution in [3.8, 4) is 0 Å². The molecule has 0 amide bonds. The zero-order chi connectivity index (χ0) is 12.9. The Balaban J connectivity index is 2.75. The van der Waals surface area contributed by atoms with Gasteiger partial charge in [0.1, 0.15) is 0 Å². The van der Waals surface area contributed by atoms with E-state index in [1.807, 2.05) is 0 Å². The second-order valence-corrected chi connectivity index (χ2v) is 6.23. The summed E-state index contributed by atoms with van der Waals surface area (Å²) in [6.07, 6.45) is 2.17. The molecule has 1 saturated heterocycles. The molecule has 0 aromatic heterocycles. The molecule has 2 N–H and O–H groups in total. The lowest BCUT2D eigenvalue weighted by atomic mass is 9.86. The molecule has 3 heteroatoms. The highest BCUT2D eigenvalue weighted by atomic mass is 16.5. The SMILES string of the molecule is CC(C)CN(CC(C)C)C1(CN)CCOCC1. The van der Waals surface area contributed by atoms with Crippen molar-refractivity contribution >= 4 is 0 Å². The highest BCUT2D eigenvalue weighted by molar-refractivity contribution is 4.94. The first-order valence-electron chi connectivity index (χ1n) is 7.03. The molecular weight excluding hydrogens is 212 g/mol. The maximum atomic E-state index is 6.09. The van der Waals surface area contributed by atoms with E-state index in [0.717, 1.165) is 45.7 Å². The lowest BCUT2D eigenvalue weighted by Gasteiger charge is -2.47.